The predicted molar refractivity (Wildman–Crippen MR) is 122 cm³/mol. The minimum Gasteiger partial charge on any atom is -0.473 e. The zero-order valence-corrected chi connectivity index (χ0v) is 18.5. The summed E-state index contributed by atoms with van der Waals surface area (Å²) >= 11 is 6.25. The summed E-state index contributed by atoms with van der Waals surface area (Å²) in [4.78, 5) is 21.4. The molecule has 0 spiro atoms. The summed E-state index contributed by atoms with van der Waals surface area (Å²) in [6, 6.07) is 18.8. The van der Waals surface area contributed by atoms with Crippen molar-refractivity contribution in [3.8, 4) is 11.7 Å². The van der Waals surface area contributed by atoms with Crippen LogP contribution in [0.2, 0.25) is 5.02 Å². The Morgan fingerprint density at radius 1 is 1.06 bits per heavy atom. The normalized spacial score (nSPS) is 10.7. The first-order valence-electron chi connectivity index (χ1n) is 10.1. The summed E-state index contributed by atoms with van der Waals surface area (Å²) in [6.45, 7) is 4.53. The summed E-state index contributed by atoms with van der Waals surface area (Å²) < 4.78 is 7.44. The Bertz CT molecular complexity index is 1240. The van der Waals surface area contributed by atoms with Crippen molar-refractivity contribution in [1.29, 1.82) is 0 Å². The van der Waals surface area contributed by atoms with Crippen LogP contribution < -0.4 is 10.1 Å². The molecule has 0 aliphatic carbocycles. The molecule has 0 saturated heterocycles. The van der Waals surface area contributed by atoms with E-state index in [1.54, 1.807) is 29.1 Å². The molecule has 1 amide bonds. The number of aromatic nitrogens is 4. The number of hydrogen-bond acceptors (Lipinski definition) is 5. The Kier molecular flexibility index (Phi) is 6.47. The Morgan fingerprint density at radius 3 is 2.62 bits per heavy atom. The second kappa shape index (κ2) is 9.62. The van der Waals surface area contributed by atoms with E-state index in [0.717, 1.165) is 22.5 Å². The van der Waals surface area contributed by atoms with Crippen LogP contribution in [0.3, 0.4) is 0 Å². The highest BCUT2D eigenvalue weighted by molar-refractivity contribution is 6.33. The molecule has 3 heterocycles. The van der Waals surface area contributed by atoms with Crippen molar-refractivity contribution < 1.29 is 9.53 Å². The molecule has 0 aliphatic heterocycles. The van der Waals surface area contributed by atoms with E-state index in [1.807, 2.05) is 56.3 Å². The fourth-order valence-electron chi connectivity index (χ4n) is 3.21. The van der Waals surface area contributed by atoms with Gasteiger partial charge in [0.25, 0.3) is 5.91 Å². The molecule has 0 unspecified atom stereocenters. The molecule has 4 aromatic rings. The second-order valence-electron chi connectivity index (χ2n) is 7.30. The summed E-state index contributed by atoms with van der Waals surface area (Å²) in [5.74, 6) is 0.649. The first kappa shape index (κ1) is 21.5. The van der Waals surface area contributed by atoms with E-state index in [-0.39, 0.29) is 23.2 Å². The number of aryl methyl sites for hydroxylation is 2. The van der Waals surface area contributed by atoms with Crippen molar-refractivity contribution in [2.24, 2.45) is 0 Å². The van der Waals surface area contributed by atoms with Gasteiger partial charge in [0.1, 0.15) is 12.3 Å². The van der Waals surface area contributed by atoms with Gasteiger partial charge in [0.05, 0.1) is 10.7 Å². The van der Waals surface area contributed by atoms with E-state index < -0.39 is 0 Å². The van der Waals surface area contributed by atoms with Crippen molar-refractivity contribution in [2.45, 2.75) is 27.0 Å². The third-order valence-corrected chi connectivity index (χ3v) is 5.06. The van der Waals surface area contributed by atoms with Crippen LogP contribution in [-0.4, -0.2) is 25.7 Å². The molecule has 7 nitrogen and oxygen atoms in total. The summed E-state index contributed by atoms with van der Waals surface area (Å²) in [6.07, 6.45) is 1.65. The summed E-state index contributed by atoms with van der Waals surface area (Å²) in [5.41, 5.74) is 3.83. The molecule has 0 atom stereocenters. The standard InChI is InChI=1S/C24H22ClN5O2/c1-16-12-17(2)30(29-16)21-9-8-20(25)23(28-21)24(31)27-14-19-10-11-26-22(13-19)32-15-18-6-4-3-5-7-18/h3-13H,14-15H2,1-2H3,(H,27,31). The molecule has 0 saturated carbocycles. The van der Waals surface area contributed by atoms with Gasteiger partial charge < -0.3 is 10.1 Å². The summed E-state index contributed by atoms with van der Waals surface area (Å²) in [5, 5.41) is 7.54. The second-order valence-corrected chi connectivity index (χ2v) is 7.71. The maximum Gasteiger partial charge on any atom is 0.271 e. The maximum atomic E-state index is 12.8. The number of carbonyl (C=O) groups excluding carboxylic acids is 1. The van der Waals surface area contributed by atoms with Crippen LogP contribution in [0.5, 0.6) is 5.88 Å². The molecule has 1 aromatic carbocycles. The van der Waals surface area contributed by atoms with E-state index in [1.165, 1.54) is 0 Å². The fraction of sp³-hybridized carbons (Fsp3) is 0.167. The number of hydrogen-bond donors (Lipinski definition) is 1. The topological polar surface area (TPSA) is 81.9 Å². The van der Waals surface area contributed by atoms with Gasteiger partial charge in [-0.05, 0) is 49.2 Å². The molecule has 8 heteroatoms. The van der Waals surface area contributed by atoms with Gasteiger partial charge in [0.15, 0.2) is 5.82 Å². The van der Waals surface area contributed by atoms with Crippen LogP contribution >= 0.6 is 11.6 Å². The van der Waals surface area contributed by atoms with Crippen molar-refractivity contribution in [1.82, 2.24) is 25.1 Å². The number of nitrogens with zero attached hydrogens (tertiary/aromatic N) is 4. The largest absolute Gasteiger partial charge is 0.473 e. The predicted octanol–water partition coefficient (Wildman–Crippen LogP) is 4.44. The van der Waals surface area contributed by atoms with E-state index >= 15 is 0 Å². The molecule has 0 radical (unpaired) electrons. The molecule has 162 valence electrons. The maximum absolute atomic E-state index is 12.8. The highest BCUT2D eigenvalue weighted by atomic mass is 35.5. The lowest BCUT2D eigenvalue weighted by molar-refractivity contribution is 0.0946. The quantitative estimate of drug-likeness (QED) is 0.453. The molecule has 3 aromatic heterocycles. The summed E-state index contributed by atoms with van der Waals surface area (Å²) in [7, 11) is 0. The number of carbonyl (C=O) groups is 1. The Morgan fingerprint density at radius 2 is 1.88 bits per heavy atom. The lowest BCUT2D eigenvalue weighted by Gasteiger charge is -2.10. The number of nitrogens with one attached hydrogen (secondary N) is 1. The lowest BCUT2D eigenvalue weighted by Crippen LogP contribution is -2.24. The van der Waals surface area contributed by atoms with Gasteiger partial charge in [0.2, 0.25) is 5.88 Å². The third kappa shape index (κ3) is 5.12. The number of pyridine rings is 2. The van der Waals surface area contributed by atoms with Gasteiger partial charge in [-0.25, -0.2) is 14.6 Å². The minimum absolute atomic E-state index is 0.145. The third-order valence-electron chi connectivity index (χ3n) is 4.75. The van der Waals surface area contributed by atoms with Crippen LogP contribution in [0.1, 0.15) is 33.0 Å². The molecule has 4 rings (SSSR count). The van der Waals surface area contributed by atoms with Gasteiger partial charge in [-0.3, -0.25) is 4.79 Å². The SMILES string of the molecule is Cc1cc(C)n(-c2ccc(Cl)c(C(=O)NCc3ccnc(OCc4ccccc4)c3)n2)n1. The van der Waals surface area contributed by atoms with Crippen molar-refractivity contribution in [3.63, 3.8) is 0 Å². The van der Waals surface area contributed by atoms with Crippen LogP contribution in [-0.2, 0) is 13.2 Å². The minimum atomic E-state index is -0.373. The Hall–Kier alpha value is -3.71. The van der Waals surface area contributed by atoms with Crippen LogP contribution in [0.15, 0.2) is 66.9 Å². The Balaban J connectivity index is 1.42. The van der Waals surface area contributed by atoms with E-state index in [0.29, 0.717) is 18.3 Å². The highest BCUT2D eigenvalue weighted by Gasteiger charge is 2.15. The molecular weight excluding hydrogens is 426 g/mol. The monoisotopic (exact) mass is 447 g/mol. The van der Waals surface area contributed by atoms with Crippen LogP contribution in [0, 0.1) is 13.8 Å². The van der Waals surface area contributed by atoms with Crippen molar-refractivity contribution >= 4 is 17.5 Å². The van der Waals surface area contributed by atoms with E-state index in [9.17, 15) is 4.79 Å². The molecular formula is C24H22ClN5O2. The molecule has 32 heavy (non-hydrogen) atoms. The molecule has 0 aliphatic rings. The Labute approximate surface area is 191 Å². The zero-order chi connectivity index (χ0) is 22.5. The number of ether oxygens (including phenoxy) is 1. The number of halogens is 1. The van der Waals surface area contributed by atoms with Gasteiger partial charge in [-0.1, -0.05) is 41.9 Å². The van der Waals surface area contributed by atoms with Gasteiger partial charge in [0, 0.05) is 24.5 Å². The number of rotatable bonds is 7. The lowest BCUT2D eigenvalue weighted by atomic mass is 10.2. The highest BCUT2D eigenvalue weighted by Crippen LogP contribution is 2.18. The van der Waals surface area contributed by atoms with Gasteiger partial charge in [-0.15, -0.1) is 0 Å². The van der Waals surface area contributed by atoms with E-state index in [4.69, 9.17) is 16.3 Å². The molecule has 0 bridgehead atoms. The van der Waals surface area contributed by atoms with Crippen molar-refractivity contribution in [3.05, 3.63) is 100 Å². The first-order valence-corrected chi connectivity index (χ1v) is 10.5. The van der Waals surface area contributed by atoms with Crippen molar-refractivity contribution in [2.75, 3.05) is 0 Å². The first-order chi connectivity index (χ1) is 15.5. The molecule has 0 fully saturated rings. The molecule has 1 N–H and O–H groups in total. The van der Waals surface area contributed by atoms with Gasteiger partial charge in [-0.2, -0.15) is 5.10 Å². The average molecular weight is 448 g/mol. The smallest absolute Gasteiger partial charge is 0.271 e. The van der Waals surface area contributed by atoms with Crippen LogP contribution in [0.4, 0.5) is 0 Å². The average Bonchev–Trinajstić information content (AvgIpc) is 3.15. The zero-order valence-electron chi connectivity index (χ0n) is 17.7. The number of benzene rings is 1. The fourth-order valence-corrected chi connectivity index (χ4v) is 3.40. The van der Waals surface area contributed by atoms with Crippen LogP contribution in [0.25, 0.3) is 5.82 Å². The number of amides is 1. The van der Waals surface area contributed by atoms with Gasteiger partial charge >= 0.3 is 0 Å². The van der Waals surface area contributed by atoms with E-state index in [2.05, 4.69) is 20.4 Å².